The monoisotopic (exact) mass is 352 g/mol. The van der Waals surface area contributed by atoms with Gasteiger partial charge < -0.3 is 0 Å². The number of Topliss-reactive ketones (excluding diaryl/α,β-unsaturated/α-hetero) is 1. The van der Waals surface area contributed by atoms with Gasteiger partial charge in [-0.1, -0.05) is 78.9 Å². The first-order valence-electron chi connectivity index (χ1n) is 7.75. The lowest BCUT2D eigenvalue weighted by Crippen LogP contribution is -2.21. The molecule has 2 atom stereocenters. The molecule has 0 fully saturated rings. The van der Waals surface area contributed by atoms with E-state index in [1.807, 2.05) is 91.0 Å². The summed E-state index contributed by atoms with van der Waals surface area (Å²) >= 11 is 8.27. The molecule has 0 unspecified atom stereocenters. The lowest BCUT2D eigenvalue weighted by atomic mass is 10.0. The summed E-state index contributed by atoms with van der Waals surface area (Å²) in [6, 6.07) is 29.3. The highest BCUT2D eigenvalue weighted by Crippen LogP contribution is 2.40. The summed E-state index contributed by atoms with van der Waals surface area (Å²) in [6.45, 7) is 0. The Kier molecular flexibility index (Phi) is 5.73. The molecule has 0 aliphatic rings. The van der Waals surface area contributed by atoms with Crippen molar-refractivity contribution in [3.8, 4) is 0 Å². The van der Waals surface area contributed by atoms with Gasteiger partial charge in [0.2, 0.25) is 0 Å². The minimum absolute atomic E-state index is 0.0467. The van der Waals surface area contributed by atoms with Crippen molar-refractivity contribution in [2.45, 2.75) is 15.5 Å². The molecule has 3 aromatic rings. The van der Waals surface area contributed by atoms with Gasteiger partial charge in [0.05, 0.1) is 5.25 Å². The lowest BCUT2D eigenvalue weighted by Gasteiger charge is -2.21. The molecule has 0 aromatic heterocycles. The summed E-state index contributed by atoms with van der Waals surface area (Å²) < 4.78 is 0. The molecule has 0 heterocycles. The molecule has 3 heteroatoms. The van der Waals surface area contributed by atoms with Crippen LogP contribution < -0.4 is 0 Å². The largest absolute Gasteiger partial charge is 0.292 e. The Labute approximate surface area is 151 Å². The van der Waals surface area contributed by atoms with E-state index in [0.717, 1.165) is 10.5 Å². The first-order chi connectivity index (χ1) is 11.8. The Balaban J connectivity index is 1.90. The van der Waals surface area contributed by atoms with E-state index in [9.17, 15) is 4.79 Å². The summed E-state index contributed by atoms with van der Waals surface area (Å²) in [5.74, 6) is -0.0467. The standard InChI is InChI=1S/C21H17ClOS/c22-19(20(23)16-10-4-1-5-11-16)21(17-12-6-2-7-13-17)24-18-14-8-3-9-15-18/h1-15,19,21H/t19-,21-/m1/s1. The second kappa shape index (κ2) is 8.18. The highest BCUT2D eigenvalue weighted by atomic mass is 35.5. The molecule has 3 aromatic carbocycles. The number of benzene rings is 3. The minimum atomic E-state index is -0.639. The van der Waals surface area contributed by atoms with Crippen LogP contribution in [0.2, 0.25) is 0 Å². The summed E-state index contributed by atoms with van der Waals surface area (Å²) in [7, 11) is 0. The number of alkyl halides is 1. The third-order valence-corrected chi connectivity index (χ3v) is 5.65. The van der Waals surface area contributed by atoms with Crippen LogP contribution in [0, 0.1) is 0 Å². The van der Waals surface area contributed by atoms with Crippen LogP contribution in [0.4, 0.5) is 0 Å². The second-order valence-electron chi connectivity index (χ2n) is 5.39. The van der Waals surface area contributed by atoms with Crippen molar-refractivity contribution in [2.24, 2.45) is 0 Å². The van der Waals surface area contributed by atoms with Gasteiger partial charge in [-0.25, -0.2) is 0 Å². The molecule has 0 saturated carbocycles. The van der Waals surface area contributed by atoms with Crippen LogP contribution in [0.25, 0.3) is 0 Å². The van der Waals surface area contributed by atoms with Gasteiger partial charge in [0.25, 0.3) is 0 Å². The van der Waals surface area contributed by atoms with E-state index >= 15 is 0 Å². The van der Waals surface area contributed by atoms with Crippen LogP contribution in [-0.2, 0) is 0 Å². The van der Waals surface area contributed by atoms with Gasteiger partial charge in [0.15, 0.2) is 5.78 Å². The summed E-state index contributed by atoms with van der Waals surface area (Å²) in [5, 5.41) is -0.789. The van der Waals surface area contributed by atoms with Crippen LogP contribution in [0.5, 0.6) is 0 Å². The Morgan fingerprint density at radius 1 is 0.750 bits per heavy atom. The van der Waals surface area contributed by atoms with Crippen LogP contribution >= 0.6 is 23.4 Å². The lowest BCUT2D eigenvalue weighted by molar-refractivity contribution is 0.0986. The van der Waals surface area contributed by atoms with Gasteiger partial charge in [-0.2, -0.15) is 0 Å². The van der Waals surface area contributed by atoms with Gasteiger partial charge in [-0.3, -0.25) is 4.79 Å². The van der Waals surface area contributed by atoms with Crippen molar-refractivity contribution in [1.29, 1.82) is 0 Å². The maximum atomic E-state index is 12.8. The molecule has 3 rings (SSSR count). The number of carbonyl (C=O) groups excluding carboxylic acids is 1. The first-order valence-corrected chi connectivity index (χ1v) is 9.07. The molecule has 0 aliphatic carbocycles. The SMILES string of the molecule is O=C(c1ccccc1)[C@@H](Cl)[C@H](Sc1ccccc1)c1ccccc1. The fourth-order valence-corrected chi connectivity index (χ4v) is 4.05. The number of rotatable bonds is 6. The fraction of sp³-hybridized carbons (Fsp3) is 0.0952. The molecule has 0 saturated heterocycles. The zero-order chi connectivity index (χ0) is 16.8. The Hall–Kier alpha value is -2.03. The smallest absolute Gasteiger partial charge is 0.182 e. The number of thioether (sulfide) groups is 1. The third kappa shape index (κ3) is 4.08. The predicted molar refractivity (Wildman–Crippen MR) is 102 cm³/mol. The second-order valence-corrected chi connectivity index (χ2v) is 7.08. The third-order valence-electron chi connectivity index (χ3n) is 3.71. The average molecular weight is 353 g/mol. The molecule has 24 heavy (non-hydrogen) atoms. The van der Waals surface area contributed by atoms with E-state index in [2.05, 4.69) is 0 Å². The number of hydrogen-bond acceptors (Lipinski definition) is 2. The van der Waals surface area contributed by atoms with Gasteiger partial charge in [0.1, 0.15) is 5.38 Å². The number of halogens is 1. The molecule has 0 N–H and O–H groups in total. The van der Waals surface area contributed by atoms with Crippen LogP contribution in [0.1, 0.15) is 21.2 Å². The van der Waals surface area contributed by atoms with Gasteiger partial charge in [-0.15, -0.1) is 23.4 Å². The molecule has 120 valence electrons. The minimum Gasteiger partial charge on any atom is -0.292 e. The number of ketones is 1. The van der Waals surface area contributed by atoms with Crippen LogP contribution in [0.3, 0.4) is 0 Å². The van der Waals surface area contributed by atoms with Crippen LogP contribution in [-0.4, -0.2) is 11.2 Å². The maximum Gasteiger partial charge on any atom is 0.182 e. The van der Waals surface area contributed by atoms with Gasteiger partial charge in [0, 0.05) is 10.5 Å². The van der Waals surface area contributed by atoms with Crippen molar-refractivity contribution in [3.63, 3.8) is 0 Å². The molecule has 0 aliphatic heterocycles. The van der Waals surface area contributed by atoms with Crippen LogP contribution in [0.15, 0.2) is 95.9 Å². The number of hydrogen-bond donors (Lipinski definition) is 0. The van der Waals surface area contributed by atoms with Crippen molar-refractivity contribution in [2.75, 3.05) is 0 Å². The van der Waals surface area contributed by atoms with E-state index in [0.29, 0.717) is 5.56 Å². The van der Waals surface area contributed by atoms with Gasteiger partial charge >= 0.3 is 0 Å². The quantitative estimate of drug-likeness (QED) is 0.307. The molecule has 0 bridgehead atoms. The predicted octanol–water partition coefficient (Wildman–Crippen LogP) is 6.01. The van der Waals surface area contributed by atoms with Crippen molar-refractivity contribution >= 4 is 29.1 Å². The first kappa shape index (κ1) is 16.8. The van der Waals surface area contributed by atoms with Crippen molar-refractivity contribution in [3.05, 3.63) is 102 Å². The van der Waals surface area contributed by atoms with Crippen molar-refractivity contribution in [1.82, 2.24) is 0 Å². The van der Waals surface area contributed by atoms with E-state index in [4.69, 9.17) is 11.6 Å². The van der Waals surface area contributed by atoms with Crippen molar-refractivity contribution < 1.29 is 4.79 Å². The highest BCUT2D eigenvalue weighted by molar-refractivity contribution is 7.99. The zero-order valence-electron chi connectivity index (χ0n) is 13.0. The zero-order valence-corrected chi connectivity index (χ0v) is 14.6. The normalized spacial score (nSPS) is 13.2. The maximum absolute atomic E-state index is 12.8. The molecular weight excluding hydrogens is 336 g/mol. The molecule has 1 nitrogen and oxygen atoms in total. The average Bonchev–Trinajstić information content (AvgIpc) is 2.67. The van der Waals surface area contributed by atoms with E-state index in [1.54, 1.807) is 11.8 Å². The summed E-state index contributed by atoms with van der Waals surface area (Å²) in [5.41, 5.74) is 1.70. The Morgan fingerprint density at radius 2 is 1.25 bits per heavy atom. The van der Waals surface area contributed by atoms with E-state index in [-0.39, 0.29) is 11.0 Å². The summed E-state index contributed by atoms with van der Waals surface area (Å²) in [6.07, 6.45) is 0. The topological polar surface area (TPSA) is 17.1 Å². The highest BCUT2D eigenvalue weighted by Gasteiger charge is 2.29. The fourth-order valence-electron chi connectivity index (χ4n) is 2.48. The summed E-state index contributed by atoms with van der Waals surface area (Å²) in [4.78, 5) is 13.9. The Morgan fingerprint density at radius 3 is 1.83 bits per heavy atom. The van der Waals surface area contributed by atoms with E-state index < -0.39 is 5.38 Å². The number of carbonyl (C=O) groups is 1. The van der Waals surface area contributed by atoms with Gasteiger partial charge in [-0.05, 0) is 17.7 Å². The van der Waals surface area contributed by atoms with E-state index in [1.165, 1.54) is 0 Å². The molecule has 0 spiro atoms. The molecule has 0 radical (unpaired) electrons. The Bertz CT molecular complexity index is 775. The molecular formula is C21H17ClOS. The molecule has 0 amide bonds.